The Morgan fingerprint density at radius 1 is 1.21 bits per heavy atom. The van der Waals surface area contributed by atoms with Gasteiger partial charge in [-0.05, 0) is 31.1 Å². The molecule has 1 heteroatoms. The molecule has 0 radical (unpaired) electrons. The third-order valence-corrected chi connectivity index (χ3v) is 4.77. The van der Waals surface area contributed by atoms with Crippen LogP contribution in [0.5, 0.6) is 0 Å². The van der Waals surface area contributed by atoms with Crippen molar-refractivity contribution in [2.75, 3.05) is 0 Å². The van der Waals surface area contributed by atoms with Crippen molar-refractivity contribution in [3.8, 4) is 0 Å². The van der Waals surface area contributed by atoms with Crippen LogP contribution in [-0.2, 0) is 4.79 Å². The summed E-state index contributed by atoms with van der Waals surface area (Å²) in [6.07, 6.45) is 6.37. The topological polar surface area (TPSA) is 17.1 Å². The number of hydrogen-bond donors (Lipinski definition) is 0. The number of carbonyl (C=O) groups is 1. The van der Waals surface area contributed by atoms with Crippen LogP contribution in [0.1, 0.15) is 52.9 Å². The van der Waals surface area contributed by atoms with E-state index in [9.17, 15) is 4.79 Å². The molecular weight excluding hydrogens is 172 g/mol. The lowest BCUT2D eigenvalue weighted by molar-refractivity contribution is -0.142. The molecule has 0 amide bonds. The van der Waals surface area contributed by atoms with Crippen molar-refractivity contribution in [3.05, 3.63) is 0 Å². The van der Waals surface area contributed by atoms with E-state index < -0.39 is 0 Å². The average molecular weight is 194 g/mol. The Balaban J connectivity index is 2.21. The van der Waals surface area contributed by atoms with Crippen LogP contribution in [0.2, 0.25) is 0 Å². The standard InChI is InChI=1S/C13H22O/c1-9-8-10-6-4-5-7-11(10)12(14)13(9,2)3/h9-11H,4-8H2,1-3H3/t9?,10-,11+/m1/s1. The summed E-state index contributed by atoms with van der Waals surface area (Å²) in [6, 6.07) is 0. The zero-order valence-corrected chi connectivity index (χ0v) is 9.68. The summed E-state index contributed by atoms with van der Waals surface area (Å²) >= 11 is 0. The van der Waals surface area contributed by atoms with E-state index in [1.807, 2.05) is 0 Å². The quantitative estimate of drug-likeness (QED) is 0.577. The third-order valence-electron chi connectivity index (χ3n) is 4.77. The second-order valence-electron chi connectivity index (χ2n) is 5.87. The van der Waals surface area contributed by atoms with Crippen LogP contribution < -0.4 is 0 Å². The summed E-state index contributed by atoms with van der Waals surface area (Å²) in [5.41, 5.74) is -0.0570. The number of Topliss-reactive ketones (excluding diaryl/α,β-unsaturated/α-hetero) is 1. The molecule has 0 heterocycles. The summed E-state index contributed by atoms with van der Waals surface area (Å²) in [5.74, 6) is 2.27. The molecule has 0 aromatic heterocycles. The fourth-order valence-corrected chi connectivity index (χ4v) is 3.30. The van der Waals surface area contributed by atoms with Crippen molar-refractivity contribution in [2.24, 2.45) is 23.2 Å². The maximum Gasteiger partial charge on any atom is 0.142 e. The van der Waals surface area contributed by atoms with Crippen molar-refractivity contribution in [2.45, 2.75) is 52.9 Å². The zero-order chi connectivity index (χ0) is 10.3. The molecule has 0 N–H and O–H groups in total. The Kier molecular flexibility index (Phi) is 2.45. The predicted molar refractivity (Wildman–Crippen MR) is 58.0 cm³/mol. The van der Waals surface area contributed by atoms with Crippen molar-refractivity contribution in [1.82, 2.24) is 0 Å². The first kappa shape index (κ1) is 10.2. The number of rotatable bonds is 0. The van der Waals surface area contributed by atoms with Gasteiger partial charge in [-0.3, -0.25) is 4.79 Å². The molecular formula is C13H22O. The van der Waals surface area contributed by atoms with Gasteiger partial charge in [0.05, 0.1) is 0 Å². The number of hydrogen-bond acceptors (Lipinski definition) is 1. The van der Waals surface area contributed by atoms with Gasteiger partial charge in [-0.2, -0.15) is 0 Å². The minimum Gasteiger partial charge on any atom is -0.299 e. The fourth-order valence-electron chi connectivity index (χ4n) is 3.30. The highest BCUT2D eigenvalue weighted by atomic mass is 16.1. The predicted octanol–water partition coefficient (Wildman–Crippen LogP) is 3.43. The Morgan fingerprint density at radius 2 is 1.86 bits per heavy atom. The van der Waals surface area contributed by atoms with Gasteiger partial charge < -0.3 is 0 Å². The molecule has 80 valence electrons. The molecule has 0 bridgehead atoms. The van der Waals surface area contributed by atoms with E-state index in [0.717, 1.165) is 5.92 Å². The first-order valence-electron chi connectivity index (χ1n) is 6.08. The van der Waals surface area contributed by atoms with Gasteiger partial charge in [-0.1, -0.05) is 33.6 Å². The molecule has 2 aliphatic rings. The molecule has 2 rings (SSSR count). The van der Waals surface area contributed by atoms with E-state index in [0.29, 0.717) is 17.6 Å². The summed E-state index contributed by atoms with van der Waals surface area (Å²) in [4.78, 5) is 12.3. The van der Waals surface area contributed by atoms with E-state index in [4.69, 9.17) is 0 Å². The van der Waals surface area contributed by atoms with Gasteiger partial charge in [0.2, 0.25) is 0 Å². The molecule has 14 heavy (non-hydrogen) atoms. The molecule has 0 aromatic carbocycles. The summed E-state index contributed by atoms with van der Waals surface area (Å²) in [6.45, 7) is 6.54. The molecule has 0 spiro atoms. The second kappa shape index (κ2) is 3.36. The monoisotopic (exact) mass is 194 g/mol. The van der Waals surface area contributed by atoms with E-state index in [-0.39, 0.29) is 5.41 Å². The number of ketones is 1. The highest BCUT2D eigenvalue weighted by Crippen LogP contribution is 2.48. The molecule has 2 fully saturated rings. The van der Waals surface area contributed by atoms with Crippen LogP contribution >= 0.6 is 0 Å². The minimum atomic E-state index is -0.0570. The van der Waals surface area contributed by atoms with E-state index >= 15 is 0 Å². The second-order valence-corrected chi connectivity index (χ2v) is 5.87. The summed E-state index contributed by atoms with van der Waals surface area (Å²) < 4.78 is 0. The van der Waals surface area contributed by atoms with Gasteiger partial charge in [-0.25, -0.2) is 0 Å². The van der Waals surface area contributed by atoms with Gasteiger partial charge in [0.1, 0.15) is 5.78 Å². The van der Waals surface area contributed by atoms with Gasteiger partial charge in [0.25, 0.3) is 0 Å². The summed E-state index contributed by atoms with van der Waals surface area (Å²) in [5, 5.41) is 0. The van der Waals surface area contributed by atoms with Gasteiger partial charge in [-0.15, -0.1) is 0 Å². The molecule has 2 aliphatic carbocycles. The molecule has 1 nitrogen and oxygen atoms in total. The van der Waals surface area contributed by atoms with E-state index in [1.165, 1.54) is 32.1 Å². The van der Waals surface area contributed by atoms with Crippen molar-refractivity contribution < 1.29 is 4.79 Å². The lowest BCUT2D eigenvalue weighted by Gasteiger charge is -2.45. The van der Waals surface area contributed by atoms with Crippen LogP contribution in [-0.4, -0.2) is 5.78 Å². The lowest BCUT2D eigenvalue weighted by atomic mass is 9.57. The van der Waals surface area contributed by atoms with Crippen LogP contribution in [0.25, 0.3) is 0 Å². The molecule has 3 atom stereocenters. The lowest BCUT2D eigenvalue weighted by Crippen LogP contribution is -2.46. The molecule has 2 saturated carbocycles. The normalized spacial score (nSPS) is 41.9. The minimum absolute atomic E-state index is 0.0570. The van der Waals surface area contributed by atoms with Gasteiger partial charge in [0, 0.05) is 11.3 Å². The Morgan fingerprint density at radius 3 is 2.57 bits per heavy atom. The Labute approximate surface area is 87.3 Å². The van der Waals surface area contributed by atoms with Crippen LogP contribution in [0.4, 0.5) is 0 Å². The Bertz CT molecular complexity index is 242. The maximum absolute atomic E-state index is 12.3. The largest absolute Gasteiger partial charge is 0.299 e. The SMILES string of the molecule is CC1C[C@H]2CCCC[C@@H]2C(=O)C1(C)C. The van der Waals surface area contributed by atoms with Crippen molar-refractivity contribution in [1.29, 1.82) is 0 Å². The highest BCUT2D eigenvalue weighted by molar-refractivity contribution is 5.87. The summed E-state index contributed by atoms with van der Waals surface area (Å²) in [7, 11) is 0. The van der Waals surface area contributed by atoms with Crippen molar-refractivity contribution >= 4 is 5.78 Å². The van der Waals surface area contributed by atoms with E-state index in [2.05, 4.69) is 20.8 Å². The molecule has 0 aromatic rings. The zero-order valence-electron chi connectivity index (χ0n) is 9.68. The van der Waals surface area contributed by atoms with Gasteiger partial charge in [0.15, 0.2) is 0 Å². The van der Waals surface area contributed by atoms with Crippen LogP contribution in [0, 0.1) is 23.2 Å². The highest BCUT2D eigenvalue weighted by Gasteiger charge is 2.47. The molecule has 0 aliphatic heterocycles. The van der Waals surface area contributed by atoms with E-state index in [1.54, 1.807) is 0 Å². The molecule has 0 saturated heterocycles. The van der Waals surface area contributed by atoms with Gasteiger partial charge >= 0.3 is 0 Å². The van der Waals surface area contributed by atoms with Crippen molar-refractivity contribution in [3.63, 3.8) is 0 Å². The maximum atomic E-state index is 12.3. The number of fused-ring (bicyclic) bond motifs is 1. The molecule has 1 unspecified atom stereocenters. The average Bonchev–Trinajstić information content (AvgIpc) is 2.15. The van der Waals surface area contributed by atoms with Crippen LogP contribution in [0.3, 0.4) is 0 Å². The fraction of sp³-hybridized carbons (Fsp3) is 0.923. The Hall–Kier alpha value is -0.330. The first-order valence-corrected chi connectivity index (χ1v) is 6.08. The van der Waals surface area contributed by atoms with Crippen LogP contribution in [0.15, 0.2) is 0 Å². The third kappa shape index (κ3) is 1.41. The smallest absolute Gasteiger partial charge is 0.142 e. The first-order chi connectivity index (χ1) is 6.53. The number of carbonyl (C=O) groups excluding carboxylic acids is 1.